The fourth-order valence-electron chi connectivity index (χ4n) is 3.25. The van der Waals surface area contributed by atoms with Crippen molar-refractivity contribution in [3.8, 4) is 0 Å². The van der Waals surface area contributed by atoms with Crippen LogP contribution in [0.2, 0.25) is 0 Å². The fraction of sp³-hybridized carbons (Fsp3) is 0.368. The highest BCUT2D eigenvalue weighted by atomic mass is 32.1. The molecule has 24 heavy (non-hydrogen) atoms. The van der Waals surface area contributed by atoms with Crippen molar-refractivity contribution >= 4 is 28.9 Å². The van der Waals surface area contributed by atoms with Gasteiger partial charge in [-0.25, -0.2) is 4.79 Å². The quantitative estimate of drug-likeness (QED) is 0.792. The maximum atomic E-state index is 13.0. The Hall–Kier alpha value is -2.14. The van der Waals surface area contributed by atoms with Crippen LogP contribution in [0.5, 0.6) is 0 Å². The lowest BCUT2D eigenvalue weighted by molar-refractivity contribution is 0.0599. The van der Waals surface area contributed by atoms with Crippen molar-refractivity contribution in [3.63, 3.8) is 0 Å². The number of hydrogen-bond donors (Lipinski definition) is 0. The molecular weight excluding hydrogens is 322 g/mol. The number of anilines is 1. The number of esters is 1. The molecule has 0 fully saturated rings. The zero-order chi connectivity index (χ0) is 17.3. The molecule has 0 spiro atoms. The second-order valence-electron chi connectivity index (χ2n) is 5.90. The summed E-state index contributed by atoms with van der Waals surface area (Å²) in [6, 6.07) is 7.50. The van der Waals surface area contributed by atoms with Crippen molar-refractivity contribution < 1.29 is 14.3 Å². The number of carbonyl (C=O) groups excluding carboxylic acids is 2. The molecule has 1 aromatic carbocycles. The van der Waals surface area contributed by atoms with Gasteiger partial charge in [0, 0.05) is 17.1 Å². The largest absolute Gasteiger partial charge is 0.465 e. The van der Waals surface area contributed by atoms with Crippen molar-refractivity contribution in [2.75, 3.05) is 18.6 Å². The van der Waals surface area contributed by atoms with Crippen molar-refractivity contribution in [1.82, 2.24) is 0 Å². The van der Waals surface area contributed by atoms with E-state index in [1.807, 2.05) is 18.2 Å². The molecule has 0 radical (unpaired) electrons. The van der Waals surface area contributed by atoms with E-state index in [2.05, 4.69) is 13.8 Å². The summed E-state index contributed by atoms with van der Waals surface area (Å²) in [6.45, 7) is 4.83. The minimum absolute atomic E-state index is 0.0192. The fourth-order valence-corrected chi connectivity index (χ4v) is 4.31. The minimum atomic E-state index is -0.346. The van der Waals surface area contributed by atoms with E-state index in [1.165, 1.54) is 17.6 Å². The molecule has 0 aliphatic carbocycles. The summed E-state index contributed by atoms with van der Waals surface area (Å²) in [6.07, 6.45) is 2.56. The number of carbonyl (C=O) groups is 2. The third kappa shape index (κ3) is 2.84. The summed E-state index contributed by atoms with van der Waals surface area (Å²) < 4.78 is 4.88. The minimum Gasteiger partial charge on any atom is -0.465 e. The van der Waals surface area contributed by atoms with Crippen LogP contribution in [-0.2, 0) is 17.6 Å². The van der Waals surface area contributed by atoms with Gasteiger partial charge in [-0.3, -0.25) is 4.79 Å². The van der Waals surface area contributed by atoms with Gasteiger partial charge in [0.05, 0.1) is 17.6 Å². The van der Waals surface area contributed by atoms with Gasteiger partial charge in [-0.15, -0.1) is 11.3 Å². The molecule has 0 N–H and O–H groups in total. The van der Waals surface area contributed by atoms with Crippen LogP contribution in [0.3, 0.4) is 0 Å². The van der Waals surface area contributed by atoms with Crippen LogP contribution in [0.4, 0.5) is 5.69 Å². The molecule has 5 heteroatoms. The molecule has 1 aromatic heterocycles. The first-order valence-electron chi connectivity index (χ1n) is 8.18. The van der Waals surface area contributed by atoms with Crippen LogP contribution < -0.4 is 4.90 Å². The Bertz CT molecular complexity index is 794. The van der Waals surface area contributed by atoms with E-state index in [1.54, 1.807) is 22.3 Å². The zero-order valence-electron chi connectivity index (χ0n) is 14.2. The van der Waals surface area contributed by atoms with Crippen LogP contribution >= 0.6 is 11.3 Å². The van der Waals surface area contributed by atoms with Gasteiger partial charge in [0.1, 0.15) is 0 Å². The monoisotopic (exact) mass is 343 g/mol. The Morgan fingerprint density at radius 1 is 1.33 bits per heavy atom. The number of benzene rings is 1. The van der Waals surface area contributed by atoms with Gasteiger partial charge in [-0.1, -0.05) is 13.0 Å². The normalized spacial score (nSPS) is 13.5. The van der Waals surface area contributed by atoms with Gasteiger partial charge >= 0.3 is 5.97 Å². The number of aryl methyl sites for hydroxylation is 2. The number of amides is 1. The maximum absolute atomic E-state index is 13.0. The van der Waals surface area contributed by atoms with E-state index in [-0.39, 0.29) is 11.9 Å². The standard InChI is InChI=1S/C19H21NO3S/c1-4-13-11-17(24-12(13)2)18(21)20-10-6-8-14-15(19(22)23-3)7-5-9-16(14)20/h5,7,9,11H,4,6,8,10H2,1-3H3. The van der Waals surface area contributed by atoms with E-state index in [9.17, 15) is 9.59 Å². The smallest absolute Gasteiger partial charge is 0.338 e. The molecule has 126 valence electrons. The number of methoxy groups -OCH3 is 1. The molecule has 4 nitrogen and oxygen atoms in total. The lowest BCUT2D eigenvalue weighted by Crippen LogP contribution is -2.35. The third-order valence-corrected chi connectivity index (χ3v) is 5.59. The Balaban J connectivity index is 2.00. The molecule has 0 atom stereocenters. The second-order valence-corrected chi connectivity index (χ2v) is 7.16. The van der Waals surface area contributed by atoms with Crippen molar-refractivity contribution in [1.29, 1.82) is 0 Å². The highest BCUT2D eigenvalue weighted by Crippen LogP contribution is 2.33. The summed E-state index contributed by atoms with van der Waals surface area (Å²) in [5.74, 6) is -0.327. The van der Waals surface area contributed by atoms with Crippen LogP contribution in [0.1, 0.15) is 49.4 Å². The van der Waals surface area contributed by atoms with Gasteiger partial charge in [-0.05, 0) is 55.5 Å². The van der Waals surface area contributed by atoms with Crippen molar-refractivity contribution in [2.45, 2.75) is 33.1 Å². The first-order valence-corrected chi connectivity index (χ1v) is 8.99. The van der Waals surface area contributed by atoms with Gasteiger partial charge in [0.2, 0.25) is 0 Å². The van der Waals surface area contributed by atoms with Gasteiger partial charge < -0.3 is 9.64 Å². The summed E-state index contributed by atoms with van der Waals surface area (Å²) in [5, 5.41) is 0. The average Bonchev–Trinajstić information content (AvgIpc) is 3.00. The van der Waals surface area contributed by atoms with Crippen molar-refractivity contribution in [2.24, 2.45) is 0 Å². The number of nitrogens with zero attached hydrogens (tertiary/aromatic N) is 1. The number of hydrogen-bond acceptors (Lipinski definition) is 4. The number of rotatable bonds is 3. The third-order valence-electron chi connectivity index (χ3n) is 4.51. The molecule has 0 unspecified atom stereocenters. The lowest BCUT2D eigenvalue weighted by atomic mass is 9.96. The lowest BCUT2D eigenvalue weighted by Gasteiger charge is -2.30. The first-order chi connectivity index (χ1) is 11.6. The van der Waals surface area contributed by atoms with E-state index in [0.717, 1.165) is 35.4 Å². The molecule has 2 heterocycles. The Labute approximate surface area is 146 Å². The summed E-state index contributed by atoms with van der Waals surface area (Å²) in [7, 11) is 1.38. The number of thiophene rings is 1. The van der Waals surface area contributed by atoms with Gasteiger partial charge in [0.25, 0.3) is 5.91 Å². The second kappa shape index (κ2) is 6.77. The Morgan fingerprint density at radius 3 is 2.79 bits per heavy atom. The van der Waals surface area contributed by atoms with E-state index in [4.69, 9.17) is 4.74 Å². The molecule has 2 aromatic rings. The summed E-state index contributed by atoms with van der Waals surface area (Å²) in [4.78, 5) is 28.8. The van der Waals surface area contributed by atoms with Gasteiger partial charge in [0.15, 0.2) is 0 Å². The Kier molecular flexibility index (Phi) is 4.71. The van der Waals surface area contributed by atoms with Crippen LogP contribution in [0.15, 0.2) is 24.3 Å². The number of fused-ring (bicyclic) bond motifs is 1. The first kappa shape index (κ1) is 16.7. The molecule has 0 saturated heterocycles. The van der Waals surface area contributed by atoms with Crippen LogP contribution in [-0.4, -0.2) is 25.5 Å². The molecule has 1 amide bonds. The highest BCUT2D eigenvalue weighted by molar-refractivity contribution is 7.14. The molecule has 1 aliphatic rings. The molecule has 0 bridgehead atoms. The molecule has 0 saturated carbocycles. The summed E-state index contributed by atoms with van der Waals surface area (Å²) >= 11 is 1.55. The van der Waals surface area contributed by atoms with Crippen LogP contribution in [0, 0.1) is 6.92 Å². The Morgan fingerprint density at radius 2 is 2.12 bits per heavy atom. The summed E-state index contributed by atoms with van der Waals surface area (Å²) in [5.41, 5.74) is 3.53. The predicted molar refractivity (Wildman–Crippen MR) is 96.2 cm³/mol. The van der Waals surface area contributed by atoms with E-state index < -0.39 is 0 Å². The van der Waals surface area contributed by atoms with Crippen LogP contribution in [0.25, 0.3) is 0 Å². The maximum Gasteiger partial charge on any atom is 0.338 e. The average molecular weight is 343 g/mol. The molecule has 1 aliphatic heterocycles. The SMILES string of the molecule is CCc1cc(C(=O)N2CCCc3c(C(=O)OC)cccc32)sc1C. The van der Waals surface area contributed by atoms with E-state index in [0.29, 0.717) is 12.1 Å². The zero-order valence-corrected chi connectivity index (χ0v) is 15.0. The highest BCUT2D eigenvalue weighted by Gasteiger charge is 2.28. The molecule has 3 rings (SSSR count). The van der Waals surface area contributed by atoms with Gasteiger partial charge in [-0.2, -0.15) is 0 Å². The van der Waals surface area contributed by atoms with Crippen molar-refractivity contribution in [3.05, 3.63) is 50.7 Å². The number of ether oxygens (including phenoxy) is 1. The predicted octanol–water partition coefficient (Wildman–Crippen LogP) is 4.00. The molecular formula is C19H21NO3S. The topological polar surface area (TPSA) is 46.6 Å². The van der Waals surface area contributed by atoms with E-state index >= 15 is 0 Å².